The maximum atomic E-state index is 11.6. The van der Waals surface area contributed by atoms with E-state index in [1.165, 1.54) is 0 Å². The van der Waals surface area contributed by atoms with Gasteiger partial charge >= 0.3 is 0 Å². The summed E-state index contributed by atoms with van der Waals surface area (Å²) in [7, 11) is 3.38. The molecular formula is C10H22N2O2. The molecule has 1 unspecified atom stereocenters. The van der Waals surface area contributed by atoms with Crippen LogP contribution in [0.25, 0.3) is 0 Å². The number of hydrogen-bond donors (Lipinski definition) is 1. The second-order valence-electron chi connectivity index (χ2n) is 3.50. The lowest BCUT2D eigenvalue weighted by Crippen LogP contribution is -2.42. The maximum absolute atomic E-state index is 11.6. The summed E-state index contributed by atoms with van der Waals surface area (Å²) in [5.41, 5.74) is 5.74. The van der Waals surface area contributed by atoms with Crippen LogP contribution >= 0.6 is 0 Å². The molecule has 0 heterocycles. The van der Waals surface area contributed by atoms with E-state index in [2.05, 4.69) is 6.92 Å². The lowest BCUT2D eigenvalue weighted by molar-refractivity contribution is -0.132. The van der Waals surface area contributed by atoms with Crippen molar-refractivity contribution >= 4 is 5.91 Å². The first-order valence-electron chi connectivity index (χ1n) is 5.13. The van der Waals surface area contributed by atoms with Crippen LogP contribution in [0.3, 0.4) is 0 Å². The molecule has 1 amide bonds. The lowest BCUT2D eigenvalue weighted by atomic mass is 10.1. The van der Waals surface area contributed by atoms with E-state index in [9.17, 15) is 4.79 Å². The summed E-state index contributed by atoms with van der Waals surface area (Å²) in [6.45, 7) is 3.25. The van der Waals surface area contributed by atoms with Crippen molar-refractivity contribution in [1.82, 2.24) is 4.90 Å². The zero-order valence-corrected chi connectivity index (χ0v) is 9.45. The van der Waals surface area contributed by atoms with Gasteiger partial charge in [0.2, 0.25) is 5.91 Å². The molecule has 0 spiro atoms. The molecule has 0 aliphatic rings. The molecule has 4 nitrogen and oxygen atoms in total. The van der Waals surface area contributed by atoms with Gasteiger partial charge in [0.1, 0.15) is 0 Å². The Bertz CT molecular complexity index is 146. The van der Waals surface area contributed by atoms with Crippen LogP contribution in [-0.4, -0.2) is 44.2 Å². The molecule has 0 radical (unpaired) electrons. The minimum atomic E-state index is -0.350. The van der Waals surface area contributed by atoms with E-state index in [1.54, 1.807) is 19.1 Å². The van der Waals surface area contributed by atoms with Gasteiger partial charge in [-0.15, -0.1) is 0 Å². The lowest BCUT2D eigenvalue weighted by Gasteiger charge is -2.20. The number of nitrogens with two attached hydrogens (primary N) is 1. The average molecular weight is 202 g/mol. The number of hydrogen-bond acceptors (Lipinski definition) is 3. The van der Waals surface area contributed by atoms with Crippen molar-refractivity contribution < 1.29 is 9.53 Å². The highest BCUT2D eigenvalue weighted by Crippen LogP contribution is 2.01. The third kappa shape index (κ3) is 5.19. The van der Waals surface area contributed by atoms with Crippen LogP contribution in [0.4, 0.5) is 0 Å². The molecule has 84 valence electrons. The molecule has 1 atom stereocenters. The SMILES string of the molecule is CCCCC(N)C(=O)N(C)CCOC. The summed E-state index contributed by atoms with van der Waals surface area (Å²) >= 11 is 0. The van der Waals surface area contributed by atoms with E-state index < -0.39 is 0 Å². The second-order valence-corrected chi connectivity index (χ2v) is 3.50. The van der Waals surface area contributed by atoms with Crippen molar-refractivity contribution in [1.29, 1.82) is 0 Å². The summed E-state index contributed by atoms with van der Waals surface area (Å²) in [6.07, 6.45) is 2.85. The standard InChI is InChI=1S/C10H22N2O2/c1-4-5-6-9(11)10(13)12(2)7-8-14-3/h9H,4-8,11H2,1-3H3. The number of ether oxygens (including phenoxy) is 1. The third-order valence-electron chi connectivity index (χ3n) is 2.19. The quantitative estimate of drug-likeness (QED) is 0.658. The first-order chi connectivity index (χ1) is 6.63. The molecule has 2 N–H and O–H groups in total. The first-order valence-corrected chi connectivity index (χ1v) is 5.13. The van der Waals surface area contributed by atoms with Gasteiger partial charge in [0.15, 0.2) is 0 Å². The summed E-state index contributed by atoms with van der Waals surface area (Å²) < 4.78 is 4.89. The van der Waals surface area contributed by atoms with Crippen LogP contribution < -0.4 is 5.73 Å². The molecule has 0 aromatic rings. The van der Waals surface area contributed by atoms with E-state index in [0.29, 0.717) is 13.2 Å². The molecule has 0 aliphatic carbocycles. The molecule has 0 aromatic heterocycles. The molecule has 0 aliphatic heterocycles. The van der Waals surface area contributed by atoms with Gasteiger partial charge in [0.25, 0.3) is 0 Å². The molecule has 0 bridgehead atoms. The number of likely N-dealkylation sites (N-methyl/N-ethyl adjacent to an activating group) is 1. The minimum absolute atomic E-state index is 0.00972. The number of rotatable bonds is 7. The molecule has 14 heavy (non-hydrogen) atoms. The first kappa shape index (κ1) is 13.4. The Morgan fingerprint density at radius 1 is 1.57 bits per heavy atom. The highest BCUT2D eigenvalue weighted by atomic mass is 16.5. The number of carbonyl (C=O) groups excluding carboxylic acids is 1. The maximum Gasteiger partial charge on any atom is 0.239 e. The van der Waals surface area contributed by atoms with Crippen molar-refractivity contribution in [2.24, 2.45) is 5.73 Å². The highest BCUT2D eigenvalue weighted by Gasteiger charge is 2.16. The second kappa shape index (κ2) is 7.76. The Kier molecular flexibility index (Phi) is 7.42. The highest BCUT2D eigenvalue weighted by molar-refractivity contribution is 5.81. The molecule has 0 saturated carbocycles. The van der Waals surface area contributed by atoms with Crippen LogP contribution in [0, 0.1) is 0 Å². The normalized spacial score (nSPS) is 12.6. The smallest absolute Gasteiger partial charge is 0.239 e. The van der Waals surface area contributed by atoms with Crippen molar-refractivity contribution in [2.45, 2.75) is 32.2 Å². The van der Waals surface area contributed by atoms with Crippen LogP contribution in [-0.2, 0) is 9.53 Å². The summed E-state index contributed by atoms with van der Waals surface area (Å²) in [6, 6.07) is -0.350. The molecule has 4 heteroatoms. The zero-order chi connectivity index (χ0) is 11.0. The van der Waals surface area contributed by atoms with Crippen LogP contribution in [0.5, 0.6) is 0 Å². The van der Waals surface area contributed by atoms with Crippen molar-refractivity contribution in [3.05, 3.63) is 0 Å². The van der Waals surface area contributed by atoms with E-state index in [4.69, 9.17) is 10.5 Å². The molecule has 0 fully saturated rings. The number of methoxy groups -OCH3 is 1. The van der Waals surface area contributed by atoms with Gasteiger partial charge < -0.3 is 15.4 Å². The number of unbranched alkanes of at least 4 members (excludes halogenated alkanes) is 1. The van der Waals surface area contributed by atoms with Gasteiger partial charge in [-0.2, -0.15) is 0 Å². The van der Waals surface area contributed by atoms with Gasteiger partial charge in [-0.3, -0.25) is 4.79 Å². The van der Waals surface area contributed by atoms with Gasteiger partial charge in [-0.25, -0.2) is 0 Å². The predicted octanol–water partition coefficient (Wildman–Crippen LogP) is 0.609. The van der Waals surface area contributed by atoms with Crippen molar-refractivity contribution in [2.75, 3.05) is 27.3 Å². The fourth-order valence-corrected chi connectivity index (χ4v) is 1.17. The fourth-order valence-electron chi connectivity index (χ4n) is 1.17. The molecular weight excluding hydrogens is 180 g/mol. The van der Waals surface area contributed by atoms with Crippen LogP contribution in [0.15, 0.2) is 0 Å². The topological polar surface area (TPSA) is 55.6 Å². The van der Waals surface area contributed by atoms with Gasteiger partial charge in [-0.1, -0.05) is 19.8 Å². The van der Waals surface area contributed by atoms with Gasteiger partial charge in [-0.05, 0) is 6.42 Å². The van der Waals surface area contributed by atoms with E-state index in [0.717, 1.165) is 19.3 Å². The fraction of sp³-hybridized carbons (Fsp3) is 0.900. The number of amides is 1. The van der Waals surface area contributed by atoms with Crippen LogP contribution in [0.2, 0.25) is 0 Å². The largest absolute Gasteiger partial charge is 0.383 e. The summed E-state index contributed by atoms with van der Waals surface area (Å²) in [5.74, 6) is 0.00972. The Hall–Kier alpha value is -0.610. The van der Waals surface area contributed by atoms with Crippen LogP contribution in [0.1, 0.15) is 26.2 Å². The monoisotopic (exact) mass is 202 g/mol. The number of nitrogens with zero attached hydrogens (tertiary/aromatic N) is 1. The van der Waals surface area contributed by atoms with E-state index in [1.807, 2.05) is 0 Å². The molecule has 0 aromatic carbocycles. The molecule has 0 rings (SSSR count). The minimum Gasteiger partial charge on any atom is -0.383 e. The van der Waals surface area contributed by atoms with Gasteiger partial charge in [0, 0.05) is 20.7 Å². The van der Waals surface area contributed by atoms with E-state index >= 15 is 0 Å². The average Bonchev–Trinajstić information content (AvgIpc) is 2.21. The van der Waals surface area contributed by atoms with Gasteiger partial charge in [0.05, 0.1) is 12.6 Å². The third-order valence-corrected chi connectivity index (χ3v) is 2.19. The Balaban J connectivity index is 3.78. The van der Waals surface area contributed by atoms with Crippen molar-refractivity contribution in [3.8, 4) is 0 Å². The molecule has 0 saturated heterocycles. The van der Waals surface area contributed by atoms with E-state index in [-0.39, 0.29) is 11.9 Å². The van der Waals surface area contributed by atoms with Crippen molar-refractivity contribution in [3.63, 3.8) is 0 Å². The Morgan fingerprint density at radius 2 is 2.21 bits per heavy atom. The summed E-state index contributed by atoms with van der Waals surface area (Å²) in [4.78, 5) is 13.2. The Morgan fingerprint density at radius 3 is 2.71 bits per heavy atom. The predicted molar refractivity (Wildman–Crippen MR) is 57.0 cm³/mol. The Labute approximate surface area is 86.4 Å². The number of carbonyl (C=O) groups is 1. The zero-order valence-electron chi connectivity index (χ0n) is 9.45. The summed E-state index contributed by atoms with van der Waals surface area (Å²) in [5, 5.41) is 0.